The number of aromatic nitrogens is 5. The molecule has 0 aliphatic heterocycles. The van der Waals surface area contributed by atoms with E-state index in [0.717, 1.165) is 16.6 Å². The monoisotopic (exact) mass is 366 g/mol. The van der Waals surface area contributed by atoms with Gasteiger partial charge in [-0.25, -0.2) is 9.50 Å². The lowest BCUT2D eigenvalue weighted by atomic mass is 10.2. The van der Waals surface area contributed by atoms with Crippen molar-refractivity contribution in [1.29, 1.82) is 0 Å². The lowest BCUT2D eigenvalue weighted by Gasteiger charge is -2.07. The zero-order valence-electron chi connectivity index (χ0n) is 14.4. The average molecular weight is 367 g/mol. The quantitative estimate of drug-likeness (QED) is 0.586. The molecule has 1 amide bonds. The summed E-state index contributed by atoms with van der Waals surface area (Å²) in [5.41, 5.74) is 4.51. The molecule has 130 valence electrons. The van der Waals surface area contributed by atoms with E-state index in [4.69, 9.17) is 11.6 Å². The molecule has 1 aromatic carbocycles. The van der Waals surface area contributed by atoms with Gasteiger partial charge in [0.05, 0.1) is 11.1 Å². The van der Waals surface area contributed by atoms with Crippen molar-refractivity contribution in [2.24, 2.45) is 0 Å². The van der Waals surface area contributed by atoms with Crippen LogP contribution in [0.2, 0.25) is 5.02 Å². The second-order valence-corrected chi connectivity index (χ2v) is 6.55. The van der Waals surface area contributed by atoms with Crippen LogP contribution >= 0.6 is 11.6 Å². The van der Waals surface area contributed by atoms with Gasteiger partial charge in [-0.05, 0) is 56.7 Å². The minimum atomic E-state index is -0.361. The predicted octanol–water partition coefficient (Wildman–Crippen LogP) is 3.50. The van der Waals surface area contributed by atoms with Gasteiger partial charge in [0.1, 0.15) is 0 Å². The summed E-state index contributed by atoms with van der Waals surface area (Å²) < 4.78 is 1.62. The molecule has 4 rings (SSSR count). The van der Waals surface area contributed by atoms with Crippen LogP contribution in [0.3, 0.4) is 0 Å². The number of amides is 1. The molecule has 3 aromatic heterocycles. The van der Waals surface area contributed by atoms with Gasteiger partial charge in [0.2, 0.25) is 0 Å². The smallest absolute Gasteiger partial charge is 0.278 e. The van der Waals surface area contributed by atoms with Crippen molar-refractivity contribution in [2.75, 3.05) is 5.32 Å². The zero-order valence-corrected chi connectivity index (χ0v) is 15.2. The van der Waals surface area contributed by atoms with Crippen LogP contribution < -0.4 is 5.32 Å². The van der Waals surface area contributed by atoms with Gasteiger partial charge in [0.25, 0.3) is 5.91 Å². The number of anilines is 1. The Morgan fingerprint density at radius 2 is 1.85 bits per heavy atom. The van der Waals surface area contributed by atoms with Crippen LogP contribution in [0, 0.1) is 20.8 Å². The molecule has 0 spiro atoms. The summed E-state index contributed by atoms with van der Waals surface area (Å²) in [4.78, 5) is 17.0. The standard InChI is InChI=1S/C18H15ClN6O/c1-9-8-10(2)20-16-14(9)17-23-22-15(11(3)25(17)24-16)18(26)21-13-6-4-12(19)5-7-13/h4-8H,1-3H3,(H,21,26). The van der Waals surface area contributed by atoms with Gasteiger partial charge in [-0.15, -0.1) is 15.3 Å². The molecule has 1 N–H and O–H groups in total. The number of pyridine rings is 1. The molecule has 0 saturated carbocycles. The van der Waals surface area contributed by atoms with Crippen molar-refractivity contribution in [3.05, 3.63) is 58.0 Å². The number of nitrogens with one attached hydrogen (secondary N) is 1. The molecule has 0 unspecified atom stereocenters. The fraction of sp³-hybridized carbons (Fsp3) is 0.167. The maximum atomic E-state index is 12.6. The Balaban J connectivity index is 1.80. The molecule has 0 radical (unpaired) electrons. The van der Waals surface area contributed by atoms with E-state index in [1.807, 2.05) is 19.9 Å². The van der Waals surface area contributed by atoms with Gasteiger partial charge in [-0.1, -0.05) is 11.6 Å². The van der Waals surface area contributed by atoms with Gasteiger partial charge < -0.3 is 5.32 Å². The van der Waals surface area contributed by atoms with E-state index >= 15 is 0 Å². The molecule has 0 atom stereocenters. The number of aryl methyl sites for hydroxylation is 3. The summed E-state index contributed by atoms with van der Waals surface area (Å²) in [7, 11) is 0. The topological polar surface area (TPSA) is 85.1 Å². The van der Waals surface area contributed by atoms with Gasteiger partial charge in [0, 0.05) is 16.4 Å². The third kappa shape index (κ3) is 2.66. The Kier molecular flexibility index (Phi) is 3.81. The van der Waals surface area contributed by atoms with Gasteiger partial charge in [-0.3, -0.25) is 4.79 Å². The normalized spacial score (nSPS) is 11.2. The Morgan fingerprint density at radius 3 is 2.58 bits per heavy atom. The molecule has 0 bridgehead atoms. The van der Waals surface area contributed by atoms with E-state index < -0.39 is 0 Å². The minimum absolute atomic E-state index is 0.203. The number of hydrogen-bond acceptors (Lipinski definition) is 5. The highest BCUT2D eigenvalue weighted by molar-refractivity contribution is 6.30. The number of rotatable bonds is 2. The van der Waals surface area contributed by atoms with Crippen molar-refractivity contribution < 1.29 is 4.79 Å². The van der Waals surface area contributed by atoms with Crippen LogP contribution in [0.4, 0.5) is 5.69 Å². The maximum Gasteiger partial charge on any atom is 0.278 e. The van der Waals surface area contributed by atoms with Crippen molar-refractivity contribution in [3.63, 3.8) is 0 Å². The van der Waals surface area contributed by atoms with E-state index in [1.54, 1.807) is 35.7 Å². The first-order valence-corrected chi connectivity index (χ1v) is 8.39. The molecule has 0 saturated heterocycles. The molecular formula is C18H15ClN6O. The van der Waals surface area contributed by atoms with Crippen LogP contribution in [0.5, 0.6) is 0 Å². The number of carbonyl (C=O) groups excluding carboxylic acids is 1. The Labute approximate surface area is 154 Å². The predicted molar refractivity (Wildman–Crippen MR) is 99.7 cm³/mol. The van der Waals surface area contributed by atoms with Crippen molar-refractivity contribution in [2.45, 2.75) is 20.8 Å². The summed E-state index contributed by atoms with van der Waals surface area (Å²) in [6.07, 6.45) is 0. The summed E-state index contributed by atoms with van der Waals surface area (Å²) in [6, 6.07) is 8.83. The Bertz CT molecular complexity index is 1170. The number of benzene rings is 1. The number of hydrogen-bond donors (Lipinski definition) is 1. The molecule has 26 heavy (non-hydrogen) atoms. The molecular weight excluding hydrogens is 352 g/mol. The number of carbonyl (C=O) groups is 1. The van der Waals surface area contributed by atoms with Crippen LogP contribution in [-0.2, 0) is 0 Å². The molecule has 8 heteroatoms. The van der Waals surface area contributed by atoms with E-state index in [1.165, 1.54) is 0 Å². The van der Waals surface area contributed by atoms with Crippen molar-refractivity contribution in [1.82, 2.24) is 24.8 Å². The van der Waals surface area contributed by atoms with E-state index in [2.05, 4.69) is 25.6 Å². The van der Waals surface area contributed by atoms with Crippen LogP contribution in [0.1, 0.15) is 27.4 Å². The van der Waals surface area contributed by atoms with E-state index in [0.29, 0.717) is 27.7 Å². The van der Waals surface area contributed by atoms with Crippen molar-refractivity contribution in [3.8, 4) is 0 Å². The lowest BCUT2D eigenvalue weighted by molar-refractivity contribution is 0.102. The highest BCUT2D eigenvalue weighted by Gasteiger charge is 2.19. The van der Waals surface area contributed by atoms with Crippen LogP contribution in [-0.4, -0.2) is 30.7 Å². The van der Waals surface area contributed by atoms with E-state index in [-0.39, 0.29) is 11.6 Å². The fourth-order valence-corrected chi connectivity index (χ4v) is 3.07. The number of nitrogens with zero attached hydrogens (tertiary/aromatic N) is 5. The molecule has 0 aliphatic carbocycles. The molecule has 3 heterocycles. The summed E-state index contributed by atoms with van der Waals surface area (Å²) >= 11 is 5.87. The summed E-state index contributed by atoms with van der Waals surface area (Å²) in [6.45, 7) is 5.68. The van der Waals surface area contributed by atoms with Crippen molar-refractivity contribution >= 4 is 39.9 Å². The maximum absolute atomic E-state index is 12.6. The average Bonchev–Trinajstić information content (AvgIpc) is 2.96. The molecule has 0 fully saturated rings. The highest BCUT2D eigenvalue weighted by atomic mass is 35.5. The first kappa shape index (κ1) is 16.4. The van der Waals surface area contributed by atoms with Crippen LogP contribution in [0.25, 0.3) is 16.7 Å². The zero-order chi connectivity index (χ0) is 18.4. The summed E-state index contributed by atoms with van der Waals surface area (Å²) in [5, 5.41) is 17.1. The van der Waals surface area contributed by atoms with Gasteiger partial charge in [-0.2, -0.15) is 0 Å². The second kappa shape index (κ2) is 6.03. The largest absolute Gasteiger partial charge is 0.321 e. The molecule has 0 aliphatic rings. The third-order valence-corrected chi connectivity index (χ3v) is 4.42. The first-order valence-electron chi connectivity index (χ1n) is 8.01. The SMILES string of the molecule is Cc1cc(C)c2c(n1)nn1c(C)c(C(=O)Nc3ccc(Cl)cc3)nnc21. The van der Waals surface area contributed by atoms with E-state index in [9.17, 15) is 4.79 Å². The number of fused-ring (bicyclic) bond motifs is 3. The fourth-order valence-electron chi connectivity index (χ4n) is 2.94. The third-order valence-electron chi connectivity index (χ3n) is 4.17. The lowest BCUT2D eigenvalue weighted by Crippen LogP contribution is -2.18. The Morgan fingerprint density at radius 1 is 1.12 bits per heavy atom. The highest BCUT2D eigenvalue weighted by Crippen LogP contribution is 2.22. The second-order valence-electron chi connectivity index (χ2n) is 6.11. The summed E-state index contributed by atoms with van der Waals surface area (Å²) in [5.74, 6) is -0.361. The molecule has 7 nitrogen and oxygen atoms in total. The van der Waals surface area contributed by atoms with Gasteiger partial charge >= 0.3 is 0 Å². The first-order chi connectivity index (χ1) is 12.4. The minimum Gasteiger partial charge on any atom is -0.321 e. The van der Waals surface area contributed by atoms with Crippen LogP contribution in [0.15, 0.2) is 30.3 Å². The van der Waals surface area contributed by atoms with Gasteiger partial charge in [0.15, 0.2) is 17.0 Å². The molecule has 4 aromatic rings. The Hall–Kier alpha value is -3.06. The number of halogens is 1.